The van der Waals surface area contributed by atoms with Crippen molar-refractivity contribution in [2.45, 2.75) is 19.3 Å². The van der Waals surface area contributed by atoms with E-state index < -0.39 is 11.6 Å². The molecule has 18 heavy (non-hydrogen) atoms. The molecule has 98 valence electrons. The highest BCUT2D eigenvalue weighted by molar-refractivity contribution is 5.80. The van der Waals surface area contributed by atoms with Gasteiger partial charge in [-0.15, -0.1) is 0 Å². The Morgan fingerprint density at radius 3 is 2.50 bits per heavy atom. The summed E-state index contributed by atoms with van der Waals surface area (Å²) in [7, 11) is 0. The third kappa shape index (κ3) is 2.69. The molecule has 0 saturated heterocycles. The molecule has 0 radical (unpaired) electrons. The monoisotopic (exact) mass is 256 g/mol. The number of amidine groups is 1. The first-order valence-corrected chi connectivity index (χ1v) is 5.59. The number of benzene rings is 1. The van der Waals surface area contributed by atoms with Gasteiger partial charge in [0, 0.05) is 11.8 Å². The fourth-order valence-electron chi connectivity index (χ4n) is 1.81. The summed E-state index contributed by atoms with van der Waals surface area (Å²) in [5, 5.41) is 11.4. The second-order valence-electron chi connectivity index (χ2n) is 4.61. The maximum Gasteiger partial charge on any atom is 0.190 e. The first kappa shape index (κ1) is 12.6. The van der Waals surface area contributed by atoms with Gasteiger partial charge >= 0.3 is 0 Å². The van der Waals surface area contributed by atoms with Crippen LogP contribution in [0.5, 0.6) is 5.75 Å². The van der Waals surface area contributed by atoms with Gasteiger partial charge in [0.2, 0.25) is 0 Å². The van der Waals surface area contributed by atoms with Crippen molar-refractivity contribution in [2.75, 3.05) is 6.61 Å². The van der Waals surface area contributed by atoms with Gasteiger partial charge in [0.25, 0.3) is 0 Å². The topological polar surface area (TPSA) is 67.8 Å². The second kappa shape index (κ2) is 4.80. The van der Waals surface area contributed by atoms with Gasteiger partial charge < -0.3 is 15.7 Å². The van der Waals surface area contributed by atoms with E-state index in [0.29, 0.717) is 6.42 Å². The molecule has 1 aromatic carbocycles. The highest BCUT2D eigenvalue weighted by Crippen LogP contribution is 2.49. The number of para-hydroxylation sites is 1. The molecule has 1 aliphatic rings. The van der Waals surface area contributed by atoms with E-state index in [9.17, 15) is 8.78 Å². The van der Waals surface area contributed by atoms with E-state index in [1.165, 1.54) is 6.07 Å². The van der Waals surface area contributed by atoms with Crippen molar-refractivity contribution in [1.29, 1.82) is 0 Å². The Hall–Kier alpha value is -1.85. The van der Waals surface area contributed by atoms with E-state index in [-0.39, 0.29) is 23.6 Å². The SMILES string of the molecule is N/C(CC1(COc2c(F)cccc2F)CC1)=N/O. The van der Waals surface area contributed by atoms with Gasteiger partial charge in [-0.1, -0.05) is 11.2 Å². The maximum atomic E-state index is 13.3. The van der Waals surface area contributed by atoms with E-state index in [0.717, 1.165) is 25.0 Å². The van der Waals surface area contributed by atoms with Gasteiger partial charge in [-0.3, -0.25) is 0 Å². The van der Waals surface area contributed by atoms with Crippen LogP contribution in [0.4, 0.5) is 8.78 Å². The maximum absolute atomic E-state index is 13.3. The van der Waals surface area contributed by atoms with Crippen LogP contribution in [-0.4, -0.2) is 17.6 Å². The fourth-order valence-corrected chi connectivity index (χ4v) is 1.81. The van der Waals surface area contributed by atoms with E-state index in [4.69, 9.17) is 15.7 Å². The first-order chi connectivity index (χ1) is 8.56. The number of ether oxygens (including phenoxy) is 1. The molecule has 0 spiro atoms. The number of nitrogens with zero attached hydrogens (tertiary/aromatic N) is 1. The summed E-state index contributed by atoms with van der Waals surface area (Å²) in [4.78, 5) is 0. The van der Waals surface area contributed by atoms with Crippen molar-refractivity contribution in [3.8, 4) is 5.75 Å². The molecule has 0 amide bonds. The average molecular weight is 256 g/mol. The van der Waals surface area contributed by atoms with Crippen LogP contribution in [0.1, 0.15) is 19.3 Å². The molecule has 0 unspecified atom stereocenters. The number of halogens is 2. The van der Waals surface area contributed by atoms with Crippen LogP contribution in [0.25, 0.3) is 0 Å². The van der Waals surface area contributed by atoms with Crippen LogP contribution in [0.3, 0.4) is 0 Å². The van der Waals surface area contributed by atoms with Gasteiger partial charge in [0.05, 0.1) is 6.61 Å². The number of hydrogen-bond donors (Lipinski definition) is 2. The highest BCUT2D eigenvalue weighted by atomic mass is 19.1. The zero-order valence-corrected chi connectivity index (χ0v) is 9.70. The van der Waals surface area contributed by atoms with Crippen LogP contribution < -0.4 is 10.5 Å². The highest BCUT2D eigenvalue weighted by Gasteiger charge is 2.44. The molecule has 0 atom stereocenters. The molecule has 3 N–H and O–H groups in total. The zero-order chi connectivity index (χ0) is 13.2. The summed E-state index contributed by atoms with van der Waals surface area (Å²) in [5.41, 5.74) is 5.17. The Kier molecular flexibility index (Phi) is 3.36. The number of nitrogens with two attached hydrogens (primary N) is 1. The summed E-state index contributed by atoms with van der Waals surface area (Å²) in [6.45, 7) is 0.154. The first-order valence-electron chi connectivity index (χ1n) is 5.59. The van der Waals surface area contributed by atoms with Crippen molar-refractivity contribution < 1.29 is 18.7 Å². The van der Waals surface area contributed by atoms with Gasteiger partial charge in [-0.2, -0.15) is 0 Å². The smallest absolute Gasteiger partial charge is 0.190 e. The van der Waals surface area contributed by atoms with Crippen molar-refractivity contribution in [2.24, 2.45) is 16.3 Å². The standard InChI is InChI=1S/C12H14F2N2O2/c13-8-2-1-3-9(14)11(8)18-7-12(4-5-12)6-10(15)16-17/h1-3,17H,4-7H2,(H2,15,16). The lowest BCUT2D eigenvalue weighted by Crippen LogP contribution is -2.23. The van der Waals surface area contributed by atoms with Gasteiger partial charge in [0.15, 0.2) is 17.4 Å². The molecule has 4 nitrogen and oxygen atoms in total. The van der Waals surface area contributed by atoms with E-state index in [1.807, 2.05) is 0 Å². The Morgan fingerprint density at radius 1 is 1.39 bits per heavy atom. The van der Waals surface area contributed by atoms with Crippen LogP contribution in [-0.2, 0) is 0 Å². The molecule has 1 saturated carbocycles. The Balaban J connectivity index is 2.00. The van der Waals surface area contributed by atoms with E-state index >= 15 is 0 Å². The summed E-state index contributed by atoms with van der Waals surface area (Å²) in [6.07, 6.45) is 2.03. The molecular formula is C12H14F2N2O2. The van der Waals surface area contributed by atoms with E-state index in [2.05, 4.69) is 5.16 Å². The quantitative estimate of drug-likeness (QED) is 0.367. The number of hydrogen-bond acceptors (Lipinski definition) is 3. The van der Waals surface area contributed by atoms with Crippen molar-refractivity contribution in [1.82, 2.24) is 0 Å². The van der Waals surface area contributed by atoms with Gasteiger partial charge in [-0.25, -0.2) is 8.78 Å². The molecule has 0 aliphatic heterocycles. The molecule has 1 aromatic rings. The molecule has 1 fully saturated rings. The third-order valence-corrected chi connectivity index (χ3v) is 3.08. The van der Waals surface area contributed by atoms with Crippen LogP contribution in [0, 0.1) is 17.0 Å². The predicted octanol–water partition coefficient (Wildman–Crippen LogP) is 2.26. The van der Waals surface area contributed by atoms with Crippen LogP contribution in [0.2, 0.25) is 0 Å². The molecule has 1 aliphatic carbocycles. The number of rotatable bonds is 5. The Labute approximate surface area is 103 Å². The van der Waals surface area contributed by atoms with Crippen molar-refractivity contribution in [3.05, 3.63) is 29.8 Å². The second-order valence-corrected chi connectivity index (χ2v) is 4.61. The lowest BCUT2D eigenvalue weighted by molar-refractivity contribution is 0.218. The summed E-state index contributed by atoms with van der Waals surface area (Å²) in [5.74, 6) is -1.72. The summed E-state index contributed by atoms with van der Waals surface area (Å²) < 4.78 is 31.8. The van der Waals surface area contributed by atoms with Gasteiger partial charge in [0.1, 0.15) is 5.84 Å². The molecule has 0 bridgehead atoms. The Morgan fingerprint density at radius 2 is 2.00 bits per heavy atom. The molecular weight excluding hydrogens is 242 g/mol. The van der Waals surface area contributed by atoms with Gasteiger partial charge in [-0.05, 0) is 25.0 Å². The van der Waals surface area contributed by atoms with Crippen LogP contribution >= 0.6 is 0 Å². The van der Waals surface area contributed by atoms with Crippen LogP contribution in [0.15, 0.2) is 23.4 Å². The lowest BCUT2D eigenvalue weighted by atomic mass is 10.0. The third-order valence-electron chi connectivity index (χ3n) is 3.08. The summed E-state index contributed by atoms with van der Waals surface area (Å²) >= 11 is 0. The largest absolute Gasteiger partial charge is 0.487 e. The molecule has 0 heterocycles. The number of oxime groups is 1. The molecule has 2 rings (SSSR count). The minimum atomic E-state index is -0.727. The average Bonchev–Trinajstić information content (AvgIpc) is 3.08. The van der Waals surface area contributed by atoms with E-state index in [1.54, 1.807) is 0 Å². The lowest BCUT2D eigenvalue weighted by Gasteiger charge is -2.16. The minimum absolute atomic E-state index is 0.102. The minimum Gasteiger partial charge on any atom is -0.487 e. The van der Waals surface area contributed by atoms with Crippen molar-refractivity contribution >= 4 is 5.84 Å². The predicted molar refractivity (Wildman–Crippen MR) is 61.5 cm³/mol. The van der Waals surface area contributed by atoms with Crippen molar-refractivity contribution in [3.63, 3.8) is 0 Å². The Bertz CT molecular complexity index is 453. The zero-order valence-electron chi connectivity index (χ0n) is 9.70. The normalized spacial score (nSPS) is 17.6. The fraction of sp³-hybridized carbons (Fsp3) is 0.417. The summed E-state index contributed by atoms with van der Waals surface area (Å²) in [6, 6.07) is 3.56. The molecule has 6 heteroatoms. The molecule has 0 aromatic heterocycles.